The highest BCUT2D eigenvalue weighted by Crippen LogP contribution is 2.26. The second kappa shape index (κ2) is 8.70. The van der Waals surface area contributed by atoms with Crippen LogP contribution in [0.15, 0.2) is 46.9 Å². The lowest BCUT2D eigenvalue weighted by Gasteiger charge is -2.13. The van der Waals surface area contributed by atoms with Crippen LogP contribution in [0.5, 0.6) is 0 Å². The van der Waals surface area contributed by atoms with Gasteiger partial charge in [-0.15, -0.1) is 0 Å². The molecule has 132 valence electrons. The Morgan fingerprint density at radius 2 is 2.00 bits per heavy atom. The third-order valence-corrected chi connectivity index (χ3v) is 4.39. The molecular weight excluding hydrogens is 392 g/mol. The number of benzene rings is 2. The van der Waals surface area contributed by atoms with Crippen molar-refractivity contribution in [3.8, 4) is 0 Å². The zero-order valence-corrected chi connectivity index (χ0v) is 15.0. The maximum atomic E-state index is 11.4. The molecule has 0 aliphatic rings. The van der Waals surface area contributed by atoms with Gasteiger partial charge < -0.3 is 15.2 Å². The molecule has 25 heavy (non-hydrogen) atoms. The Kier molecular flexibility index (Phi) is 6.63. The van der Waals surface area contributed by atoms with Crippen molar-refractivity contribution in [2.24, 2.45) is 0 Å². The van der Waals surface area contributed by atoms with Gasteiger partial charge in [0.15, 0.2) is 0 Å². The van der Waals surface area contributed by atoms with E-state index in [1.807, 2.05) is 0 Å². The molecule has 0 bridgehead atoms. The Bertz CT molecular complexity index is 764. The second-order valence-electron chi connectivity index (χ2n) is 5.25. The fraction of sp³-hybridized carbons (Fsp3) is 0.235. The lowest BCUT2D eigenvalue weighted by molar-refractivity contribution is -0.385. The zero-order chi connectivity index (χ0) is 18.4. The Morgan fingerprint density at radius 3 is 2.60 bits per heavy atom. The second-order valence-corrected chi connectivity index (χ2v) is 6.11. The number of rotatable bonds is 7. The lowest BCUT2D eigenvalue weighted by atomic mass is 10.1. The molecule has 7 nitrogen and oxygen atoms in total. The standard InChI is InChI=1S/C17H17BrN2O5/c1-25-17(22)12-7-5-11(6-8-12)16(21)10-19-9-13-14(18)3-2-4-15(13)20(23)24/h2-8,16,19,21H,9-10H2,1H3. The highest BCUT2D eigenvalue weighted by Gasteiger charge is 2.16. The van der Waals surface area contributed by atoms with Crippen molar-refractivity contribution in [3.05, 3.63) is 73.7 Å². The Balaban J connectivity index is 1.98. The molecule has 0 saturated carbocycles. The van der Waals surface area contributed by atoms with E-state index in [2.05, 4.69) is 26.0 Å². The highest BCUT2D eigenvalue weighted by molar-refractivity contribution is 9.10. The molecule has 0 fully saturated rings. The quantitative estimate of drug-likeness (QED) is 0.414. The van der Waals surface area contributed by atoms with Crippen LogP contribution in [0.3, 0.4) is 0 Å². The predicted octanol–water partition coefficient (Wildman–Crippen LogP) is 2.97. The van der Waals surface area contributed by atoms with Gasteiger partial charge in [-0.3, -0.25) is 10.1 Å². The number of nitro groups is 1. The maximum absolute atomic E-state index is 11.4. The molecule has 1 unspecified atom stereocenters. The smallest absolute Gasteiger partial charge is 0.337 e. The van der Waals surface area contributed by atoms with Gasteiger partial charge in [0.2, 0.25) is 0 Å². The molecule has 1 atom stereocenters. The third kappa shape index (κ3) is 4.85. The summed E-state index contributed by atoms with van der Waals surface area (Å²) >= 11 is 3.31. The van der Waals surface area contributed by atoms with Crippen molar-refractivity contribution in [1.29, 1.82) is 0 Å². The summed E-state index contributed by atoms with van der Waals surface area (Å²) in [6.45, 7) is 0.436. The average molecular weight is 409 g/mol. The number of methoxy groups -OCH3 is 1. The number of esters is 1. The summed E-state index contributed by atoms with van der Waals surface area (Å²) in [6.07, 6.45) is -0.812. The van der Waals surface area contributed by atoms with E-state index in [1.165, 1.54) is 13.2 Å². The van der Waals surface area contributed by atoms with E-state index >= 15 is 0 Å². The monoisotopic (exact) mass is 408 g/mol. The van der Waals surface area contributed by atoms with Crippen molar-refractivity contribution in [2.45, 2.75) is 12.6 Å². The molecule has 2 aromatic carbocycles. The van der Waals surface area contributed by atoms with Gasteiger partial charge in [-0.05, 0) is 23.8 Å². The number of aliphatic hydroxyl groups excluding tert-OH is 1. The van der Waals surface area contributed by atoms with Crippen LogP contribution in [-0.4, -0.2) is 29.7 Å². The first kappa shape index (κ1) is 19.0. The van der Waals surface area contributed by atoms with Gasteiger partial charge >= 0.3 is 5.97 Å². The van der Waals surface area contributed by atoms with Crippen LogP contribution in [0.4, 0.5) is 5.69 Å². The van der Waals surface area contributed by atoms with Gasteiger partial charge in [-0.1, -0.05) is 34.1 Å². The zero-order valence-electron chi connectivity index (χ0n) is 13.4. The SMILES string of the molecule is COC(=O)c1ccc(C(O)CNCc2c(Br)cccc2[N+](=O)[O-])cc1. The number of hydrogen-bond donors (Lipinski definition) is 2. The van der Waals surface area contributed by atoms with Crippen molar-refractivity contribution >= 4 is 27.6 Å². The first-order valence-corrected chi connectivity index (χ1v) is 8.22. The molecule has 2 N–H and O–H groups in total. The highest BCUT2D eigenvalue weighted by atomic mass is 79.9. The van der Waals surface area contributed by atoms with Crippen molar-refractivity contribution in [1.82, 2.24) is 5.32 Å². The van der Waals surface area contributed by atoms with E-state index in [0.717, 1.165) is 0 Å². The normalized spacial score (nSPS) is 11.8. The molecule has 0 aliphatic heterocycles. The van der Waals surface area contributed by atoms with E-state index in [9.17, 15) is 20.0 Å². The summed E-state index contributed by atoms with van der Waals surface area (Å²) < 4.78 is 5.25. The molecule has 2 aromatic rings. The third-order valence-electron chi connectivity index (χ3n) is 3.65. The summed E-state index contributed by atoms with van der Waals surface area (Å²) in [4.78, 5) is 22.0. The molecule has 0 aromatic heterocycles. The fourth-order valence-corrected chi connectivity index (χ4v) is 2.80. The van der Waals surface area contributed by atoms with Gasteiger partial charge in [0.25, 0.3) is 5.69 Å². The summed E-state index contributed by atoms with van der Waals surface area (Å²) in [5.41, 5.74) is 1.55. The molecule has 0 saturated heterocycles. The number of nitrogens with one attached hydrogen (secondary N) is 1. The largest absolute Gasteiger partial charge is 0.465 e. The van der Waals surface area contributed by atoms with Crippen LogP contribution >= 0.6 is 15.9 Å². The first-order valence-electron chi connectivity index (χ1n) is 7.43. The van der Waals surface area contributed by atoms with Crippen LogP contribution in [0.25, 0.3) is 0 Å². The molecule has 2 rings (SSSR count). The van der Waals surface area contributed by atoms with E-state index < -0.39 is 17.0 Å². The van der Waals surface area contributed by atoms with Crippen LogP contribution in [-0.2, 0) is 11.3 Å². The summed E-state index contributed by atoms with van der Waals surface area (Å²) in [6, 6.07) is 11.2. The van der Waals surface area contributed by atoms with Gasteiger partial charge in [0.1, 0.15) is 0 Å². The topological polar surface area (TPSA) is 102 Å². The number of nitro benzene ring substituents is 1. The molecule has 0 amide bonds. The predicted molar refractivity (Wildman–Crippen MR) is 95.2 cm³/mol. The molecule has 8 heteroatoms. The Labute approximate surface area is 152 Å². The minimum absolute atomic E-state index is 0.0128. The fourth-order valence-electron chi connectivity index (χ4n) is 2.30. The molecule has 0 radical (unpaired) electrons. The van der Waals surface area contributed by atoms with Crippen LogP contribution in [0.1, 0.15) is 27.6 Å². The van der Waals surface area contributed by atoms with Gasteiger partial charge in [0, 0.05) is 23.6 Å². The first-order chi connectivity index (χ1) is 11.9. The minimum atomic E-state index is -0.812. The molecule has 0 heterocycles. The number of halogens is 1. The minimum Gasteiger partial charge on any atom is -0.465 e. The van der Waals surface area contributed by atoms with Crippen LogP contribution < -0.4 is 5.32 Å². The molecular formula is C17H17BrN2O5. The van der Waals surface area contributed by atoms with Crippen molar-refractivity contribution < 1.29 is 19.6 Å². The summed E-state index contributed by atoms with van der Waals surface area (Å²) in [5, 5.41) is 24.3. The van der Waals surface area contributed by atoms with E-state index in [1.54, 1.807) is 36.4 Å². The van der Waals surface area contributed by atoms with Gasteiger partial charge in [-0.2, -0.15) is 0 Å². The van der Waals surface area contributed by atoms with E-state index in [0.29, 0.717) is 21.2 Å². The number of hydrogen-bond acceptors (Lipinski definition) is 6. The maximum Gasteiger partial charge on any atom is 0.337 e. The molecule has 0 aliphatic carbocycles. The Morgan fingerprint density at radius 1 is 1.32 bits per heavy atom. The van der Waals surface area contributed by atoms with Crippen molar-refractivity contribution in [2.75, 3.05) is 13.7 Å². The number of carbonyl (C=O) groups excluding carboxylic acids is 1. The number of nitrogens with zero attached hydrogens (tertiary/aromatic N) is 1. The van der Waals surface area contributed by atoms with Gasteiger partial charge in [0.05, 0.1) is 29.3 Å². The average Bonchev–Trinajstić information content (AvgIpc) is 2.62. The van der Waals surface area contributed by atoms with E-state index in [4.69, 9.17) is 0 Å². The van der Waals surface area contributed by atoms with Crippen molar-refractivity contribution in [3.63, 3.8) is 0 Å². The number of carbonyl (C=O) groups is 1. The van der Waals surface area contributed by atoms with Crippen LogP contribution in [0.2, 0.25) is 0 Å². The van der Waals surface area contributed by atoms with Gasteiger partial charge in [-0.25, -0.2) is 4.79 Å². The Hall–Kier alpha value is -2.29. The van der Waals surface area contributed by atoms with Crippen LogP contribution in [0, 0.1) is 10.1 Å². The lowest BCUT2D eigenvalue weighted by Crippen LogP contribution is -2.22. The number of ether oxygens (including phenoxy) is 1. The number of aliphatic hydroxyl groups is 1. The molecule has 0 spiro atoms. The summed E-state index contributed by atoms with van der Waals surface area (Å²) in [5.74, 6) is -0.444. The van der Waals surface area contributed by atoms with E-state index in [-0.39, 0.29) is 18.8 Å². The summed E-state index contributed by atoms with van der Waals surface area (Å²) in [7, 11) is 1.30.